The highest BCUT2D eigenvalue weighted by Crippen LogP contribution is 2.60. The predicted molar refractivity (Wildman–Crippen MR) is 125 cm³/mol. The van der Waals surface area contributed by atoms with Crippen molar-refractivity contribution in [2.75, 3.05) is 0 Å². The van der Waals surface area contributed by atoms with Gasteiger partial charge in [0.25, 0.3) is 0 Å². The molecule has 0 saturated heterocycles. The Morgan fingerprint density at radius 3 is 2.61 bits per heavy atom. The second-order valence-electron chi connectivity index (χ2n) is 11.5. The Bertz CT molecular complexity index is 719. The van der Waals surface area contributed by atoms with Gasteiger partial charge in [0.2, 0.25) is 0 Å². The number of rotatable bonds is 6. The van der Waals surface area contributed by atoms with Gasteiger partial charge in [0.15, 0.2) is 0 Å². The molecule has 0 aromatic rings. The SMILES string of the molecule is C=C1/C(=C\C=C2/CCC[C@@]3(C)[C@H]2CC[C@@H]3[C@@](C)(O)CC(O)CC(C)C)C[C@H](O)C[C@H]1O. The van der Waals surface area contributed by atoms with Crippen LogP contribution < -0.4 is 0 Å². The van der Waals surface area contributed by atoms with E-state index in [1.165, 1.54) is 5.57 Å². The van der Waals surface area contributed by atoms with Crippen LogP contribution in [0.5, 0.6) is 0 Å². The van der Waals surface area contributed by atoms with Gasteiger partial charge in [0.1, 0.15) is 0 Å². The molecule has 4 nitrogen and oxygen atoms in total. The third-order valence-corrected chi connectivity index (χ3v) is 8.37. The van der Waals surface area contributed by atoms with Crippen molar-refractivity contribution in [1.29, 1.82) is 0 Å². The maximum absolute atomic E-state index is 11.5. The van der Waals surface area contributed by atoms with E-state index in [-0.39, 0.29) is 11.3 Å². The molecule has 0 spiro atoms. The summed E-state index contributed by atoms with van der Waals surface area (Å²) in [4.78, 5) is 0. The number of fused-ring (bicyclic) bond motifs is 1. The molecule has 1 unspecified atom stereocenters. The van der Waals surface area contributed by atoms with E-state index in [9.17, 15) is 20.4 Å². The smallest absolute Gasteiger partial charge is 0.0811 e. The van der Waals surface area contributed by atoms with Crippen LogP contribution in [0.3, 0.4) is 0 Å². The lowest BCUT2D eigenvalue weighted by Gasteiger charge is -2.47. The number of hydrogen-bond donors (Lipinski definition) is 4. The Morgan fingerprint density at radius 1 is 1.23 bits per heavy atom. The summed E-state index contributed by atoms with van der Waals surface area (Å²) in [5.74, 6) is 1.03. The Balaban J connectivity index is 1.78. The molecule has 0 heterocycles. The Hall–Kier alpha value is -0.940. The van der Waals surface area contributed by atoms with Gasteiger partial charge < -0.3 is 20.4 Å². The van der Waals surface area contributed by atoms with Crippen molar-refractivity contribution in [1.82, 2.24) is 0 Å². The normalized spacial score (nSPS) is 39.7. The second-order valence-corrected chi connectivity index (χ2v) is 11.5. The zero-order valence-electron chi connectivity index (χ0n) is 20.0. The van der Waals surface area contributed by atoms with Crippen molar-refractivity contribution < 1.29 is 20.4 Å². The Morgan fingerprint density at radius 2 is 1.94 bits per heavy atom. The van der Waals surface area contributed by atoms with Gasteiger partial charge in [-0.1, -0.05) is 45.1 Å². The summed E-state index contributed by atoms with van der Waals surface area (Å²) in [6.07, 6.45) is 10.1. The molecule has 0 aliphatic heterocycles. The lowest BCUT2D eigenvalue weighted by atomic mass is 9.59. The van der Waals surface area contributed by atoms with E-state index < -0.39 is 23.9 Å². The molecule has 3 aliphatic carbocycles. The van der Waals surface area contributed by atoms with Gasteiger partial charge in [0, 0.05) is 12.8 Å². The molecule has 3 fully saturated rings. The van der Waals surface area contributed by atoms with E-state index in [0.717, 1.165) is 49.7 Å². The number of hydrogen-bond acceptors (Lipinski definition) is 4. The largest absolute Gasteiger partial charge is 0.393 e. The maximum Gasteiger partial charge on any atom is 0.0811 e. The van der Waals surface area contributed by atoms with E-state index in [1.807, 2.05) is 6.92 Å². The molecule has 3 aliphatic rings. The van der Waals surface area contributed by atoms with Crippen LogP contribution in [0.15, 0.2) is 35.5 Å². The van der Waals surface area contributed by atoms with E-state index in [1.54, 1.807) is 0 Å². The van der Waals surface area contributed by atoms with Crippen LogP contribution in [0.25, 0.3) is 0 Å². The van der Waals surface area contributed by atoms with Gasteiger partial charge in [0.05, 0.1) is 23.9 Å². The van der Waals surface area contributed by atoms with Crippen LogP contribution in [0, 0.1) is 23.2 Å². The van der Waals surface area contributed by atoms with Crippen molar-refractivity contribution >= 4 is 0 Å². The lowest BCUT2D eigenvalue weighted by molar-refractivity contribution is -0.0867. The Labute approximate surface area is 188 Å². The minimum Gasteiger partial charge on any atom is -0.393 e. The van der Waals surface area contributed by atoms with Crippen LogP contribution in [-0.2, 0) is 0 Å². The van der Waals surface area contributed by atoms with Gasteiger partial charge in [-0.3, -0.25) is 0 Å². The predicted octanol–water partition coefficient (Wildman–Crippen LogP) is 4.68. The molecule has 0 amide bonds. The van der Waals surface area contributed by atoms with Crippen molar-refractivity contribution in [3.8, 4) is 0 Å². The number of aliphatic hydroxyl groups is 4. The first-order chi connectivity index (χ1) is 14.4. The van der Waals surface area contributed by atoms with Crippen LogP contribution in [0.4, 0.5) is 0 Å². The quantitative estimate of drug-likeness (QED) is 0.491. The zero-order valence-corrected chi connectivity index (χ0v) is 20.0. The standard InChI is InChI=1S/C27H44O4/c1-17(2)13-22(29)16-27(5,31)25-11-10-23-19(7-6-12-26(23,25)4)8-9-20-14-21(28)15-24(30)18(20)3/h8-9,17,21-25,28-31H,3,6-7,10-16H2,1-2,4-5H3/b19-8+,20-9-/t21-,22?,23-,24+,25-,26-,27-/m0/s1. The minimum atomic E-state index is -0.870. The third kappa shape index (κ3) is 5.35. The first-order valence-corrected chi connectivity index (χ1v) is 12.3. The third-order valence-electron chi connectivity index (χ3n) is 8.37. The highest BCUT2D eigenvalue weighted by Gasteiger charge is 2.55. The maximum atomic E-state index is 11.5. The summed E-state index contributed by atoms with van der Waals surface area (Å²) < 4.78 is 0. The highest BCUT2D eigenvalue weighted by molar-refractivity contribution is 5.38. The summed E-state index contributed by atoms with van der Waals surface area (Å²) in [7, 11) is 0. The number of aliphatic hydroxyl groups excluding tert-OH is 3. The van der Waals surface area contributed by atoms with E-state index in [4.69, 9.17) is 0 Å². The topological polar surface area (TPSA) is 80.9 Å². The van der Waals surface area contributed by atoms with Crippen LogP contribution in [-0.4, -0.2) is 44.3 Å². The molecular weight excluding hydrogens is 388 g/mol. The molecule has 4 heteroatoms. The molecule has 3 saturated carbocycles. The monoisotopic (exact) mass is 432 g/mol. The molecule has 0 aromatic carbocycles. The molecule has 0 bridgehead atoms. The highest BCUT2D eigenvalue weighted by atomic mass is 16.3. The molecule has 176 valence electrons. The van der Waals surface area contributed by atoms with Crippen molar-refractivity contribution in [2.45, 2.75) is 109 Å². The average molecular weight is 433 g/mol. The summed E-state index contributed by atoms with van der Waals surface area (Å²) in [5, 5.41) is 42.1. The van der Waals surface area contributed by atoms with E-state index >= 15 is 0 Å². The summed E-state index contributed by atoms with van der Waals surface area (Å²) in [6.45, 7) is 12.5. The van der Waals surface area contributed by atoms with Crippen LogP contribution >= 0.6 is 0 Å². The van der Waals surface area contributed by atoms with Crippen LogP contribution in [0.1, 0.15) is 85.5 Å². The zero-order chi connectivity index (χ0) is 23.0. The number of allylic oxidation sites excluding steroid dienone is 3. The Kier molecular flexibility index (Phi) is 7.57. The van der Waals surface area contributed by atoms with Crippen molar-refractivity contribution in [3.05, 3.63) is 35.5 Å². The molecule has 31 heavy (non-hydrogen) atoms. The van der Waals surface area contributed by atoms with Crippen LogP contribution in [0.2, 0.25) is 0 Å². The van der Waals surface area contributed by atoms with Gasteiger partial charge in [-0.15, -0.1) is 0 Å². The fraction of sp³-hybridized carbons (Fsp3) is 0.778. The second kappa shape index (κ2) is 9.51. The fourth-order valence-corrected chi connectivity index (χ4v) is 6.97. The summed E-state index contributed by atoms with van der Waals surface area (Å²) >= 11 is 0. The molecule has 0 radical (unpaired) electrons. The lowest BCUT2D eigenvalue weighted by Crippen LogP contribution is -2.47. The van der Waals surface area contributed by atoms with Crippen molar-refractivity contribution in [2.24, 2.45) is 23.2 Å². The molecular formula is C27H44O4. The van der Waals surface area contributed by atoms with Crippen molar-refractivity contribution in [3.63, 3.8) is 0 Å². The summed E-state index contributed by atoms with van der Waals surface area (Å²) in [5.41, 5.74) is 2.26. The summed E-state index contributed by atoms with van der Waals surface area (Å²) in [6, 6.07) is 0. The molecule has 7 atom stereocenters. The fourth-order valence-electron chi connectivity index (χ4n) is 6.97. The first kappa shape index (κ1) is 24.7. The van der Waals surface area contributed by atoms with Gasteiger partial charge in [-0.05, 0) is 86.2 Å². The molecule has 3 rings (SSSR count). The average Bonchev–Trinajstić information content (AvgIpc) is 3.00. The van der Waals surface area contributed by atoms with E-state index in [2.05, 4.69) is 39.5 Å². The molecule has 0 aromatic heterocycles. The van der Waals surface area contributed by atoms with E-state index in [0.29, 0.717) is 31.1 Å². The van der Waals surface area contributed by atoms with Gasteiger partial charge in [-0.2, -0.15) is 0 Å². The minimum absolute atomic E-state index is 0.0340. The first-order valence-electron chi connectivity index (χ1n) is 12.3. The molecule has 4 N–H and O–H groups in total. The van der Waals surface area contributed by atoms with Gasteiger partial charge in [-0.25, -0.2) is 0 Å². The van der Waals surface area contributed by atoms with Gasteiger partial charge >= 0.3 is 0 Å².